The van der Waals surface area contributed by atoms with Crippen LogP contribution in [0.5, 0.6) is 0 Å². The fourth-order valence-electron chi connectivity index (χ4n) is 0.701. The highest BCUT2D eigenvalue weighted by Crippen LogP contribution is 2.01. The van der Waals surface area contributed by atoms with Crippen molar-refractivity contribution in [2.75, 3.05) is 31.8 Å². The van der Waals surface area contributed by atoms with Crippen molar-refractivity contribution in [3.63, 3.8) is 0 Å². The lowest BCUT2D eigenvalue weighted by atomic mass is 10.4. The first-order valence-corrected chi connectivity index (χ1v) is 6.42. The third-order valence-electron chi connectivity index (χ3n) is 1.51. The van der Waals surface area contributed by atoms with Gasteiger partial charge >= 0.3 is 0 Å². The van der Waals surface area contributed by atoms with Gasteiger partial charge in [0.2, 0.25) is 10.0 Å². The van der Waals surface area contributed by atoms with Crippen molar-refractivity contribution in [3.8, 4) is 0 Å². The Labute approximate surface area is 82.5 Å². The van der Waals surface area contributed by atoms with Crippen LogP contribution in [0.25, 0.3) is 0 Å². The number of alkyl halides is 1. The highest BCUT2D eigenvalue weighted by molar-refractivity contribution is 9.10. The summed E-state index contributed by atoms with van der Waals surface area (Å²) in [6, 6.07) is 0. The van der Waals surface area contributed by atoms with Gasteiger partial charge in [-0.1, -0.05) is 15.9 Å². The van der Waals surface area contributed by atoms with E-state index < -0.39 is 10.0 Å². The largest absolute Gasteiger partial charge is 0.320 e. The minimum atomic E-state index is -3.06. The molecule has 0 aromatic heterocycles. The van der Waals surface area contributed by atoms with Crippen molar-refractivity contribution < 1.29 is 8.42 Å². The van der Waals surface area contributed by atoms with E-state index in [1.807, 2.05) is 7.05 Å². The van der Waals surface area contributed by atoms with Crippen molar-refractivity contribution >= 4 is 26.0 Å². The predicted octanol–water partition coefficient (Wildman–Crippen LogP) is 0.210. The standard InChI is InChI=1S/C6H15BrN2O2S/c1-8-4-3-5-9(2)12(10,11)6-7/h8H,3-6H2,1-2H3. The van der Waals surface area contributed by atoms with Crippen molar-refractivity contribution in [1.29, 1.82) is 0 Å². The molecule has 0 aliphatic rings. The molecule has 0 aromatic carbocycles. The molecule has 0 unspecified atom stereocenters. The molecule has 0 aromatic rings. The van der Waals surface area contributed by atoms with E-state index in [2.05, 4.69) is 21.2 Å². The van der Waals surface area contributed by atoms with E-state index in [1.165, 1.54) is 4.31 Å². The van der Waals surface area contributed by atoms with Crippen LogP contribution >= 0.6 is 15.9 Å². The van der Waals surface area contributed by atoms with Crippen LogP contribution in [-0.2, 0) is 10.0 Å². The molecular weight excluding hydrogens is 244 g/mol. The molecule has 0 saturated heterocycles. The lowest BCUT2D eigenvalue weighted by Gasteiger charge is -2.14. The lowest BCUT2D eigenvalue weighted by molar-refractivity contribution is 0.462. The van der Waals surface area contributed by atoms with Gasteiger partial charge in [-0.2, -0.15) is 0 Å². The third kappa shape index (κ3) is 4.39. The molecule has 1 N–H and O–H groups in total. The summed E-state index contributed by atoms with van der Waals surface area (Å²) in [6.45, 7) is 1.40. The van der Waals surface area contributed by atoms with Crippen LogP contribution in [0.2, 0.25) is 0 Å². The van der Waals surface area contributed by atoms with Gasteiger partial charge in [0, 0.05) is 13.6 Å². The van der Waals surface area contributed by atoms with E-state index in [0.29, 0.717) is 6.54 Å². The molecule has 0 radical (unpaired) electrons. The molecule has 0 rings (SSSR count). The first-order valence-electron chi connectivity index (χ1n) is 3.69. The van der Waals surface area contributed by atoms with Gasteiger partial charge < -0.3 is 5.32 Å². The van der Waals surface area contributed by atoms with Gasteiger partial charge in [0.25, 0.3) is 0 Å². The molecule has 0 aliphatic carbocycles. The zero-order valence-electron chi connectivity index (χ0n) is 7.38. The van der Waals surface area contributed by atoms with Crippen molar-refractivity contribution in [2.45, 2.75) is 6.42 Å². The van der Waals surface area contributed by atoms with E-state index in [4.69, 9.17) is 0 Å². The van der Waals surface area contributed by atoms with Crippen LogP contribution in [0.3, 0.4) is 0 Å². The van der Waals surface area contributed by atoms with Gasteiger partial charge in [-0.3, -0.25) is 0 Å². The average Bonchev–Trinajstić information content (AvgIpc) is 2.05. The second-order valence-corrected chi connectivity index (χ2v) is 5.88. The highest BCUT2D eigenvalue weighted by Gasteiger charge is 2.14. The Kier molecular flexibility index (Phi) is 6.08. The fraction of sp³-hybridized carbons (Fsp3) is 1.00. The van der Waals surface area contributed by atoms with Crippen LogP contribution in [0.4, 0.5) is 0 Å². The van der Waals surface area contributed by atoms with E-state index in [0.717, 1.165) is 13.0 Å². The Bertz CT molecular complexity index is 206. The summed E-state index contributed by atoms with van der Waals surface area (Å²) >= 11 is 2.94. The summed E-state index contributed by atoms with van der Waals surface area (Å²) in [5.74, 6) is 0. The van der Waals surface area contributed by atoms with E-state index in [1.54, 1.807) is 7.05 Å². The van der Waals surface area contributed by atoms with Gasteiger partial charge in [-0.15, -0.1) is 0 Å². The molecule has 74 valence electrons. The third-order valence-corrected chi connectivity index (χ3v) is 4.66. The van der Waals surface area contributed by atoms with Crippen LogP contribution in [-0.4, -0.2) is 44.6 Å². The maximum atomic E-state index is 11.2. The first-order chi connectivity index (χ1) is 5.54. The molecule has 0 saturated carbocycles. The summed E-state index contributed by atoms with van der Waals surface area (Å²) in [5, 5.41) is 2.96. The monoisotopic (exact) mass is 258 g/mol. The fourth-order valence-corrected chi connectivity index (χ4v) is 2.32. The van der Waals surface area contributed by atoms with Crippen molar-refractivity contribution in [2.24, 2.45) is 0 Å². The van der Waals surface area contributed by atoms with Crippen molar-refractivity contribution in [3.05, 3.63) is 0 Å². The van der Waals surface area contributed by atoms with Gasteiger partial charge in [0.15, 0.2) is 0 Å². The molecule has 0 fully saturated rings. The Morgan fingerprint density at radius 3 is 2.50 bits per heavy atom. The molecule has 0 spiro atoms. The smallest absolute Gasteiger partial charge is 0.223 e. The molecular formula is C6H15BrN2O2S. The zero-order chi connectivity index (χ0) is 9.61. The Morgan fingerprint density at radius 1 is 1.50 bits per heavy atom. The molecule has 4 nitrogen and oxygen atoms in total. The summed E-state index contributed by atoms with van der Waals surface area (Å²) in [6.07, 6.45) is 0.833. The number of nitrogens with zero attached hydrogens (tertiary/aromatic N) is 1. The lowest BCUT2D eigenvalue weighted by Crippen LogP contribution is -2.30. The van der Waals surface area contributed by atoms with Crippen LogP contribution in [0.15, 0.2) is 0 Å². The quantitative estimate of drug-likeness (QED) is 0.548. The van der Waals surface area contributed by atoms with Gasteiger partial charge in [-0.05, 0) is 20.0 Å². The second kappa shape index (κ2) is 5.90. The minimum absolute atomic E-state index is 0.00392. The van der Waals surface area contributed by atoms with E-state index >= 15 is 0 Å². The summed E-state index contributed by atoms with van der Waals surface area (Å²) in [7, 11) is 0.379. The number of sulfonamides is 1. The Morgan fingerprint density at radius 2 is 2.08 bits per heavy atom. The second-order valence-electron chi connectivity index (χ2n) is 2.50. The van der Waals surface area contributed by atoms with E-state index in [9.17, 15) is 8.42 Å². The summed E-state index contributed by atoms with van der Waals surface area (Å²) in [5.41, 5.74) is 0. The SMILES string of the molecule is CNCCCN(C)S(=O)(=O)CBr. The summed E-state index contributed by atoms with van der Waals surface area (Å²) < 4.78 is 23.7. The first kappa shape index (κ1) is 12.3. The van der Waals surface area contributed by atoms with Gasteiger partial charge in [0.05, 0.1) is 0 Å². The minimum Gasteiger partial charge on any atom is -0.320 e. The zero-order valence-corrected chi connectivity index (χ0v) is 9.78. The Balaban J connectivity index is 3.80. The molecule has 0 amide bonds. The van der Waals surface area contributed by atoms with Gasteiger partial charge in [-0.25, -0.2) is 12.7 Å². The molecule has 6 heteroatoms. The maximum Gasteiger partial charge on any atom is 0.223 e. The van der Waals surface area contributed by atoms with Gasteiger partial charge in [0.1, 0.15) is 4.66 Å². The molecule has 0 bridgehead atoms. The molecule has 0 atom stereocenters. The number of halogens is 1. The number of rotatable bonds is 6. The molecule has 0 heterocycles. The number of hydrogen-bond donors (Lipinski definition) is 1. The maximum absolute atomic E-state index is 11.2. The van der Waals surface area contributed by atoms with E-state index in [-0.39, 0.29) is 4.66 Å². The molecule has 0 aliphatic heterocycles. The average molecular weight is 259 g/mol. The Hall–Kier alpha value is 0.350. The number of hydrogen-bond acceptors (Lipinski definition) is 3. The summed E-state index contributed by atoms with van der Waals surface area (Å²) in [4.78, 5) is 0. The normalized spacial score (nSPS) is 12.3. The van der Waals surface area contributed by atoms with Crippen molar-refractivity contribution in [1.82, 2.24) is 9.62 Å². The van der Waals surface area contributed by atoms with Crippen LogP contribution < -0.4 is 5.32 Å². The molecule has 12 heavy (non-hydrogen) atoms. The predicted molar refractivity (Wildman–Crippen MR) is 53.9 cm³/mol. The number of nitrogens with one attached hydrogen (secondary N) is 1. The van der Waals surface area contributed by atoms with Crippen LogP contribution in [0.1, 0.15) is 6.42 Å². The van der Waals surface area contributed by atoms with Crippen LogP contribution in [0, 0.1) is 0 Å². The topological polar surface area (TPSA) is 49.4 Å². The highest BCUT2D eigenvalue weighted by atomic mass is 79.9.